The molecular weight excluding hydrogens is 292 g/mol. The highest BCUT2D eigenvalue weighted by Crippen LogP contribution is 2.22. The van der Waals surface area contributed by atoms with E-state index >= 15 is 0 Å². The van der Waals surface area contributed by atoms with Crippen molar-refractivity contribution in [1.82, 2.24) is 9.88 Å². The minimum Gasteiger partial charge on any atom is -0.360 e. The lowest BCUT2D eigenvalue weighted by Gasteiger charge is -2.23. The van der Waals surface area contributed by atoms with Crippen molar-refractivity contribution in [1.29, 1.82) is 0 Å². The zero-order valence-electron chi connectivity index (χ0n) is 13.1. The monoisotopic (exact) mass is 312 g/mol. The Morgan fingerprint density at radius 3 is 2.82 bits per heavy atom. The summed E-state index contributed by atoms with van der Waals surface area (Å²) in [4.78, 5) is 19.4. The molecule has 0 amide bonds. The first-order chi connectivity index (χ1) is 10.6. The standard InChI is InChI=1S/C18H20N2OS/c1-12-8-9-22-17(12)11-20(3)13(2)18(21)15-10-19-16-7-5-4-6-14(15)16/h4-10,13,19H,11H2,1-3H3/t13-/m1/s1. The van der Waals surface area contributed by atoms with Crippen molar-refractivity contribution in [2.45, 2.75) is 26.4 Å². The molecule has 2 heterocycles. The molecule has 0 aliphatic heterocycles. The number of aryl methyl sites for hydroxylation is 1. The molecule has 3 nitrogen and oxygen atoms in total. The predicted octanol–water partition coefficient (Wildman–Crippen LogP) is 4.24. The lowest BCUT2D eigenvalue weighted by molar-refractivity contribution is 0.0864. The number of hydrogen-bond donors (Lipinski definition) is 1. The Kier molecular flexibility index (Phi) is 4.14. The van der Waals surface area contributed by atoms with E-state index in [1.165, 1.54) is 10.4 Å². The van der Waals surface area contributed by atoms with Gasteiger partial charge in [-0.25, -0.2) is 0 Å². The Bertz CT molecular complexity index is 802. The average Bonchev–Trinajstić information content (AvgIpc) is 3.12. The first kappa shape index (κ1) is 15.0. The maximum absolute atomic E-state index is 12.8. The summed E-state index contributed by atoms with van der Waals surface area (Å²) in [6.07, 6.45) is 1.83. The van der Waals surface area contributed by atoms with Crippen molar-refractivity contribution < 1.29 is 4.79 Å². The van der Waals surface area contributed by atoms with Crippen LogP contribution in [0.2, 0.25) is 0 Å². The van der Waals surface area contributed by atoms with Gasteiger partial charge >= 0.3 is 0 Å². The van der Waals surface area contributed by atoms with Crippen molar-refractivity contribution in [3.8, 4) is 0 Å². The van der Waals surface area contributed by atoms with E-state index in [2.05, 4.69) is 28.3 Å². The summed E-state index contributed by atoms with van der Waals surface area (Å²) in [5.74, 6) is 0.161. The molecule has 2 aromatic heterocycles. The number of likely N-dealkylation sites (N-methyl/N-ethyl adjacent to an activating group) is 1. The zero-order chi connectivity index (χ0) is 15.7. The number of benzene rings is 1. The number of H-pyrrole nitrogens is 1. The molecule has 114 valence electrons. The van der Waals surface area contributed by atoms with E-state index < -0.39 is 0 Å². The number of carbonyl (C=O) groups is 1. The largest absolute Gasteiger partial charge is 0.360 e. The predicted molar refractivity (Wildman–Crippen MR) is 92.6 cm³/mol. The maximum atomic E-state index is 12.8. The molecule has 0 unspecified atom stereocenters. The van der Waals surface area contributed by atoms with Crippen LogP contribution in [-0.2, 0) is 6.54 Å². The highest BCUT2D eigenvalue weighted by molar-refractivity contribution is 7.10. The quantitative estimate of drug-likeness (QED) is 0.715. The summed E-state index contributed by atoms with van der Waals surface area (Å²) in [5.41, 5.74) is 3.08. The normalized spacial score (nSPS) is 12.9. The summed E-state index contributed by atoms with van der Waals surface area (Å²) in [7, 11) is 2.01. The molecule has 3 rings (SSSR count). The fourth-order valence-electron chi connectivity index (χ4n) is 2.63. The molecule has 22 heavy (non-hydrogen) atoms. The summed E-state index contributed by atoms with van der Waals surface area (Å²) in [6.45, 7) is 4.90. The third-order valence-corrected chi connectivity index (χ3v) is 5.26. The number of rotatable bonds is 5. The SMILES string of the molecule is Cc1ccsc1CN(C)[C@H](C)C(=O)c1c[nH]c2ccccc12. The molecule has 4 heteroatoms. The molecule has 1 aromatic carbocycles. The Morgan fingerprint density at radius 1 is 1.32 bits per heavy atom. The molecular formula is C18H20N2OS. The van der Waals surface area contributed by atoms with Gasteiger partial charge in [0.2, 0.25) is 0 Å². The second kappa shape index (κ2) is 6.07. The van der Waals surface area contributed by atoms with Gasteiger partial charge in [-0.3, -0.25) is 9.69 Å². The van der Waals surface area contributed by atoms with Gasteiger partial charge in [0.05, 0.1) is 6.04 Å². The first-order valence-electron chi connectivity index (χ1n) is 7.41. The van der Waals surface area contributed by atoms with Crippen LogP contribution in [0, 0.1) is 6.92 Å². The number of thiophene rings is 1. The van der Waals surface area contributed by atoms with Crippen molar-refractivity contribution in [3.05, 3.63) is 57.9 Å². The number of nitrogens with zero attached hydrogens (tertiary/aromatic N) is 1. The molecule has 0 aliphatic rings. The van der Waals surface area contributed by atoms with Gasteiger partial charge in [-0.1, -0.05) is 18.2 Å². The highest BCUT2D eigenvalue weighted by Gasteiger charge is 2.22. The maximum Gasteiger partial charge on any atom is 0.181 e. The van der Waals surface area contributed by atoms with Crippen LogP contribution in [0.3, 0.4) is 0 Å². The number of para-hydroxylation sites is 1. The minimum absolute atomic E-state index is 0.152. The zero-order valence-corrected chi connectivity index (χ0v) is 13.9. The van der Waals surface area contributed by atoms with Gasteiger partial charge in [-0.2, -0.15) is 0 Å². The number of aromatic amines is 1. The third kappa shape index (κ3) is 2.72. The van der Waals surface area contributed by atoms with Crippen LogP contribution in [0.15, 0.2) is 41.9 Å². The van der Waals surface area contributed by atoms with Crippen LogP contribution < -0.4 is 0 Å². The molecule has 3 aromatic rings. The molecule has 1 N–H and O–H groups in total. The van der Waals surface area contributed by atoms with Crippen LogP contribution in [0.25, 0.3) is 10.9 Å². The second-order valence-corrected chi connectivity index (χ2v) is 6.73. The smallest absolute Gasteiger partial charge is 0.181 e. The number of ketones is 1. The minimum atomic E-state index is -0.152. The van der Waals surface area contributed by atoms with Crippen molar-refractivity contribution in [2.24, 2.45) is 0 Å². The van der Waals surface area contributed by atoms with Crippen molar-refractivity contribution in [2.75, 3.05) is 7.05 Å². The lowest BCUT2D eigenvalue weighted by Crippen LogP contribution is -2.35. The Morgan fingerprint density at radius 2 is 2.09 bits per heavy atom. The van der Waals surface area contributed by atoms with E-state index in [1.54, 1.807) is 11.3 Å². The van der Waals surface area contributed by atoms with E-state index in [0.717, 1.165) is 23.0 Å². The molecule has 0 saturated heterocycles. The van der Waals surface area contributed by atoms with E-state index in [-0.39, 0.29) is 11.8 Å². The van der Waals surface area contributed by atoms with Gasteiger partial charge in [0.1, 0.15) is 0 Å². The van der Waals surface area contributed by atoms with Gasteiger partial charge in [-0.15, -0.1) is 11.3 Å². The lowest BCUT2D eigenvalue weighted by atomic mass is 10.0. The molecule has 0 fully saturated rings. The third-order valence-electron chi connectivity index (χ3n) is 4.26. The molecule has 0 saturated carbocycles. The van der Waals surface area contributed by atoms with Crippen LogP contribution in [0.1, 0.15) is 27.7 Å². The van der Waals surface area contributed by atoms with E-state index in [9.17, 15) is 4.79 Å². The van der Waals surface area contributed by atoms with Gasteiger partial charge in [0.15, 0.2) is 5.78 Å². The van der Waals surface area contributed by atoms with E-state index in [4.69, 9.17) is 0 Å². The van der Waals surface area contributed by atoms with Crippen molar-refractivity contribution >= 4 is 28.0 Å². The Labute approximate surface area is 134 Å². The van der Waals surface area contributed by atoms with E-state index in [0.29, 0.717) is 0 Å². The Hall–Kier alpha value is -1.91. The fourth-order valence-corrected chi connectivity index (χ4v) is 3.60. The van der Waals surface area contributed by atoms with Crippen LogP contribution in [-0.4, -0.2) is 28.8 Å². The molecule has 0 radical (unpaired) electrons. The Balaban J connectivity index is 1.80. The second-order valence-electron chi connectivity index (χ2n) is 5.73. The summed E-state index contributed by atoms with van der Waals surface area (Å²) in [6, 6.07) is 9.91. The first-order valence-corrected chi connectivity index (χ1v) is 8.29. The van der Waals surface area contributed by atoms with Crippen LogP contribution in [0.5, 0.6) is 0 Å². The van der Waals surface area contributed by atoms with Gasteiger partial charge in [0, 0.05) is 34.1 Å². The fraction of sp³-hybridized carbons (Fsp3) is 0.278. The van der Waals surface area contributed by atoms with Gasteiger partial charge in [-0.05, 0) is 44.0 Å². The average molecular weight is 312 g/mol. The van der Waals surface area contributed by atoms with E-state index in [1.807, 2.05) is 44.4 Å². The number of hydrogen-bond acceptors (Lipinski definition) is 3. The number of aromatic nitrogens is 1. The summed E-state index contributed by atoms with van der Waals surface area (Å²) < 4.78 is 0. The molecule has 0 aliphatic carbocycles. The number of nitrogens with one attached hydrogen (secondary N) is 1. The van der Waals surface area contributed by atoms with Crippen LogP contribution >= 0.6 is 11.3 Å². The van der Waals surface area contributed by atoms with Gasteiger partial charge < -0.3 is 4.98 Å². The number of carbonyl (C=O) groups excluding carboxylic acids is 1. The molecule has 1 atom stereocenters. The topological polar surface area (TPSA) is 36.1 Å². The van der Waals surface area contributed by atoms with Crippen molar-refractivity contribution in [3.63, 3.8) is 0 Å². The highest BCUT2D eigenvalue weighted by atomic mass is 32.1. The summed E-state index contributed by atoms with van der Waals surface area (Å²) >= 11 is 1.75. The van der Waals surface area contributed by atoms with Crippen LogP contribution in [0.4, 0.5) is 0 Å². The molecule has 0 bridgehead atoms. The summed E-state index contributed by atoms with van der Waals surface area (Å²) in [5, 5.41) is 3.10. The number of fused-ring (bicyclic) bond motifs is 1. The van der Waals surface area contributed by atoms with Gasteiger partial charge in [0.25, 0.3) is 0 Å². The molecule has 0 spiro atoms. The number of Topliss-reactive ketones (excluding diaryl/α,β-unsaturated/α-hetero) is 1.